The summed E-state index contributed by atoms with van der Waals surface area (Å²) in [4.78, 5) is 21.9. The molecule has 3 N–H and O–H groups in total. The SMILES string of the molecule is Cc1ccccc1CCOC(=O)NC(CO)C(=O)O. The van der Waals surface area contributed by atoms with Gasteiger partial charge >= 0.3 is 12.1 Å². The topological polar surface area (TPSA) is 95.9 Å². The minimum atomic E-state index is -1.34. The molecule has 0 aliphatic rings. The van der Waals surface area contributed by atoms with E-state index in [-0.39, 0.29) is 6.61 Å². The average Bonchev–Trinajstić information content (AvgIpc) is 2.38. The number of aliphatic hydroxyl groups excluding tert-OH is 1. The molecule has 6 heteroatoms. The zero-order chi connectivity index (χ0) is 14.3. The Bertz CT molecular complexity index is 446. The van der Waals surface area contributed by atoms with Gasteiger partial charge in [-0.05, 0) is 18.1 Å². The summed E-state index contributed by atoms with van der Waals surface area (Å²) in [6, 6.07) is 6.37. The number of hydrogen-bond acceptors (Lipinski definition) is 4. The Morgan fingerprint density at radius 1 is 1.37 bits per heavy atom. The molecule has 104 valence electrons. The first kappa shape index (κ1) is 15.0. The lowest BCUT2D eigenvalue weighted by molar-refractivity contribution is -0.140. The third-order valence-corrected chi connectivity index (χ3v) is 2.64. The molecule has 0 heterocycles. The van der Waals surface area contributed by atoms with Crippen LogP contribution in [0, 0.1) is 6.92 Å². The Labute approximate surface area is 111 Å². The summed E-state index contributed by atoms with van der Waals surface area (Å²) < 4.78 is 4.86. The Morgan fingerprint density at radius 3 is 2.63 bits per heavy atom. The van der Waals surface area contributed by atoms with E-state index in [4.69, 9.17) is 14.9 Å². The highest BCUT2D eigenvalue weighted by molar-refractivity contribution is 5.79. The van der Waals surface area contributed by atoms with Crippen molar-refractivity contribution >= 4 is 12.1 Å². The van der Waals surface area contributed by atoms with Crippen molar-refractivity contribution in [1.29, 1.82) is 0 Å². The summed E-state index contributed by atoms with van der Waals surface area (Å²) in [5, 5.41) is 19.4. The maximum Gasteiger partial charge on any atom is 0.407 e. The second-order valence-corrected chi connectivity index (χ2v) is 4.03. The van der Waals surface area contributed by atoms with Crippen LogP contribution in [0.1, 0.15) is 11.1 Å². The lowest BCUT2D eigenvalue weighted by Gasteiger charge is -2.12. The van der Waals surface area contributed by atoms with Crippen molar-refractivity contribution in [3.05, 3.63) is 35.4 Å². The molecule has 0 aliphatic heterocycles. The van der Waals surface area contributed by atoms with Gasteiger partial charge in [-0.3, -0.25) is 0 Å². The molecule has 1 unspecified atom stereocenters. The van der Waals surface area contributed by atoms with Gasteiger partial charge in [-0.25, -0.2) is 9.59 Å². The number of carbonyl (C=O) groups excluding carboxylic acids is 1. The van der Waals surface area contributed by atoms with Crippen LogP contribution in [0.2, 0.25) is 0 Å². The van der Waals surface area contributed by atoms with Crippen molar-refractivity contribution in [2.45, 2.75) is 19.4 Å². The Morgan fingerprint density at radius 2 is 2.05 bits per heavy atom. The highest BCUT2D eigenvalue weighted by Gasteiger charge is 2.19. The molecule has 0 fully saturated rings. The minimum Gasteiger partial charge on any atom is -0.480 e. The molecule has 0 radical (unpaired) electrons. The number of benzene rings is 1. The second kappa shape index (κ2) is 7.38. The summed E-state index contributed by atoms with van der Waals surface area (Å²) in [6.07, 6.45) is -0.299. The van der Waals surface area contributed by atoms with Gasteiger partial charge in [0.1, 0.15) is 0 Å². The number of carboxylic acids is 1. The number of aliphatic hydroxyl groups is 1. The summed E-state index contributed by atoms with van der Waals surface area (Å²) in [7, 11) is 0. The zero-order valence-electron chi connectivity index (χ0n) is 10.6. The van der Waals surface area contributed by atoms with Gasteiger partial charge in [-0.2, -0.15) is 0 Å². The van der Waals surface area contributed by atoms with E-state index in [1.807, 2.05) is 31.2 Å². The number of ether oxygens (including phenoxy) is 1. The normalized spacial score (nSPS) is 11.7. The van der Waals surface area contributed by atoms with Crippen molar-refractivity contribution < 1.29 is 24.5 Å². The molecule has 1 aromatic carbocycles. The van der Waals surface area contributed by atoms with Crippen molar-refractivity contribution in [1.82, 2.24) is 5.32 Å². The third-order valence-electron chi connectivity index (χ3n) is 2.64. The number of aryl methyl sites for hydroxylation is 1. The first-order valence-electron chi connectivity index (χ1n) is 5.86. The zero-order valence-corrected chi connectivity index (χ0v) is 10.6. The molecule has 1 amide bonds. The molecular formula is C13H17NO5. The molecule has 0 saturated heterocycles. The van der Waals surface area contributed by atoms with Crippen molar-refractivity contribution in [3.8, 4) is 0 Å². The van der Waals surface area contributed by atoms with E-state index >= 15 is 0 Å². The van der Waals surface area contributed by atoms with Crippen molar-refractivity contribution in [2.75, 3.05) is 13.2 Å². The van der Waals surface area contributed by atoms with E-state index in [9.17, 15) is 9.59 Å². The van der Waals surface area contributed by atoms with Crippen molar-refractivity contribution in [2.24, 2.45) is 0 Å². The van der Waals surface area contributed by atoms with Crippen LogP contribution in [0.5, 0.6) is 0 Å². The molecule has 1 rings (SSSR count). The predicted molar refractivity (Wildman–Crippen MR) is 67.9 cm³/mol. The van der Waals surface area contributed by atoms with Crippen LogP contribution in [0.25, 0.3) is 0 Å². The number of amides is 1. The molecule has 0 bridgehead atoms. The molecule has 1 atom stereocenters. The minimum absolute atomic E-state index is 0.147. The Balaban J connectivity index is 2.35. The number of hydrogen-bond donors (Lipinski definition) is 3. The van der Waals surface area contributed by atoms with Gasteiger partial charge in [0.05, 0.1) is 13.2 Å². The summed E-state index contributed by atoms with van der Waals surface area (Å²) >= 11 is 0. The monoisotopic (exact) mass is 267 g/mol. The first-order chi connectivity index (χ1) is 9.04. The van der Waals surface area contributed by atoms with Crippen LogP contribution in [-0.2, 0) is 16.0 Å². The largest absolute Gasteiger partial charge is 0.480 e. The van der Waals surface area contributed by atoms with Crippen LogP contribution in [-0.4, -0.2) is 41.5 Å². The molecule has 1 aromatic rings. The fourth-order valence-corrected chi connectivity index (χ4v) is 1.51. The van der Waals surface area contributed by atoms with Gasteiger partial charge in [0, 0.05) is 6.42 Å². The third kappa shape index (κ3) is 4.97. The maximum atomic E-state index is 11.3. The molecule has 0 spiro atoms. The molecule has 0 aliphatic carbocycles. The number of carboxylic acid groups (broad SMARTS) is 1. The van der Waals surface area contributed by atoms with Crippen LogP contribution >= 0.6 is 0 Å². The quantitative estimate of drug-likeness (QED) is 0.705. The first-order valence-corrected chi connectivity index (χ1v) is 5.86. The predicted octanol–water partition coefficient (Wildman–Crippen LogP) is 0.709. The fraction of sp³-hybridized carbons (Fsp3) is 0.385. The Hall–Kier alpha value is -2.08. The number of carbonyl (C=O) groups is 2. The number of aliphatic carboxylic acids is 1. The van der Waals surface area contributed by atoms with Gasteiger partial charge in [-0.15, -0.1) is 0 Å². The number of alkyl carbamates (subject to hydrolysis) is 1. The average molecular weight is 267 g/mol. The van der Waals surface area contributed by atoms with Gasteiger partial charge in [0.15, 0.2) is 6.04 Å². The fourth-order valence-electron chi connectivity index (χ4n) is 1.51. The van der Waals surface area contributed by atoms with Crippen LogP contribution in [0.15, 0.2) is 24.3 Å². The summed E-state index contributed by atoms with van der Waals surface area (Å²) in [6.45, 7) is 1.43. The van der Waals surface area contributed by atoms with Gasteiger partial charge in [0.25, 0.3) is 0 Å². The summed E-state index contributed by atoms with van der Waals surface area (Å²) in [5.41, 5.74) is 2.16. The van der Waals surface area contributed by atoms with Crippen molar-refractivity contribution in [3.63, 3.8) is 0 Å². The van der Waals surface area contributed by atoms with Crippen LogP contribution in [0.3, 0.4) is 0 Å². The lowest BCUT2D eigenvalue weighted by atomic mass is 10.1. The molecule has 19 heavy (non-hydrogen) atoms. The molecule has 0 saturated carbocycles. The highest BCUT2D eigenvalue weighted by Crippen LogP contribution is 2.07. The molecule has 0 aromatic heterocycles. The smallest absolute Gasteiger partial charge is 0.407 e. The van der Waals surface area contributed by atoms with E-state index in [2.05, 4.69) is 5.32 Å². The maximum absolute atomic E-state index is 11.3. The highest BCUT2D eigenvalue weighted by atomic mass is 16.5. The van der Waals surface area contributed by atoms with E-state index in [1.54, 1.807) is 0 Å². The standard InChI is InChI=1S/C13H17NO5/c1-9-4-2-3-5-10(9)6-7-19-13(18)14-11(8-15)12(16)17/h2-5,11,15H,6-8H2,1H3,(H,14,18)(H,16,17). The van der Waals surface area contributed by atoms with Crippen LogP contribution < -0.4 is 5.32 Å². The number of rotatable bonds is 6. The number of nitrogens with one attached hydrogen (secondary N) is 1. The molecular weight excluding hydrogens is 250 g/mol. The van der Waals surface area contributed by atoms with Crippen LogP contribution in [0.4, 0.5) is 4.79 Å². The second-order valence-electron chi connectivity index (χ2n) is 4.03. The summed E-state index contributed by atoms with van der Waals surface area (Å²) in [5.74, 6) is -1.31. The van der Waals surface area contributed by atoms with E-state index in [0.717, 1.165) is 11.1 Å². The van der Waals surface area contributed by atoms with Gasteiger partial charge in [-0.1, -0.05) is 24.3 Å². The molecule has 6 nitrogen and oxygen atoms in total. The van der Waals surface area contributed by atoms with E-state index < -0.39 is 24.7 Å². The van der Waals surface area contributed by atoms with Gasteiger partial charge < -0.3 is 20.3 Å². The lowest BCUT2D eigenvalue weighted by Crippen LogP contribution is -2.43. The van der Waals surface area contributed by atoms with Gasteiger partial charge in [0.2, 0.25) is 0 Å². The van der Waals surface area contributed by atoms with E-state index in [1.165, 1.54) is 0 Å². The Kier molecular flexibility index (Phi) is 5.81. The van der Waals surface area contributed by atoms with E-state index in [0.29, 0.717) is 6.42 Å².